The number of amides is 2. The Morgan fingerprint density at radius 2 is 1.85 bits per heavy atom. The van der Waals surface area contributed by atoms with E-state index in [1.165, 1.54) is 4.90 Å². The van der Waals surface area contributed by atoms with Crippen LogP contribution in [0.5, 0.6) is 0 Å². The summed E-state index contributed by atoms with van der Waals surface area (Å²) in [4.78, 5) is 29.8. The van der Waals surface area contributed by atoms with E-state index in [1.54, 1.807) is 24.1 Å². The van der Waals surface area contributed by atoms with Crippen LogP contribution >= 0.6 is 11.6 Å². The van der Waals surface area contributed by atoms with Crippen molar-refractivity contribution in [2.45, 2.75) is 38.3 Å². The summed E-state index contributed by atoms with van der Waals surface area (Å²) in [7, 11) is 1.74. The van der Waals surface area contributed by atoms with E-state index in [4.69, 9.17) is 16.3 Å². The van der Waals surface area contributed by atoms with Gasteiger partial charge in [0.2, 0.25) is 0 Å². The molecule has 0 aliphatic carbocycles. The lowest BCUT2D eigenvalue weighted by atomic mass is 9.87. The molecule has 0 fully saturated rings. The Bertz CT molecular complexity index is 966. The maximum absolute atomic E-state index is 13.5. The van der Waals surface area contributed by atoms with Crippen molar-refractivity contribution in [3.8, 4) is 0 Å². The maximum Gasteiger partial charge on any atom is 0.416 e. The highest BCUT2D eigenvalue weighted by molar-refractivity contribution is 6.31. The van der Waals surface area contributed by atoms with Crippen molar-refractivity contribution in [2.75, 3.05) is 16.8 Å². The highest BCUT2D eigenvalue weighted by atomic mass is 35.5. The van der Waals surface area contributed by atoms with E-state index >= 15 is 0 Å². The number of halogens is 1. The molecule has 140 valence electrons. The van der Waals surface area contributed by atoms with Crippen LogP contribution in [-0.4, -0.2) is 24.6 Å². The number of likely N-dealkylation sites (N-methyl/N-ethyl adjacent to an activating group) is 1. The molecule has 2 heterocycles. The monoisotopic (exact) mass is 384 g/mol. The van der Waals surface area contributed by atoms with Crippen LogP contribution in [0.1, 0.15) is 31.9 Å². The third-order valence-electron chi connectivity index (χ3n) is 5.06. The molecule has 2 aliphatic heterocycles. The molecule has 27 heavy (non-hydrogen) atoms. The van der Waals surface area contributed by atoms with Crippen LogP contribution < -0.4 is 9.80 Å². The van der Waals surface area contributed by atoms with Gasteiger partial charge in [-0.25, -0.2) is 4.79 Å². The third-order valence-corrected chi connectivity index (χ3v) is 5.29. The Balaban J connectivity index is 1.95. The van der Waals surface area contributed by atoms with Crippen LogP contribution in [0, 0.1) is 0 Å². The van der Waals surface area contributed by atoms with Crippen molar-refractivity contribution in [3.63, 3.8) is 0 Å². The molecule has 0 saturated heterocycles. The molecule has 1 atom stereocenters. The van der Waals surface area contributed by atoms with Crippen LogP contribution in [0.15, 0.2) is 42.5 Å². The van der Waals surface area contributed by atoms with Crippen molar-refractivity contribution in [3.05, 3.63) is 58.6 Å². The van der Waals surface area contributed by atoms with E-state index in [-0.39, 0.29) is 5.91 Å². The van der Waals surface area contributed by atoms with Gasteiger partial charge in [-0.05, 0) is 50.6 Å². The number of anilines is 2. The molecule has 2 aromatic carbocycles. The molecule has 2 aliphatic rings. The van der Waals surface area contributed by atoms with Crippen LogP contribution in [-0.2, 0) is 21.5 Å². The number of para-hydroxylation sites is 1. The van der Waals surface area contributed by atoms with Crippen molar-refractivity contribution in [2.24, 2.45) is 0 Å². The Labute approximate surface area is 163 Å². The number of benzene rings is 2. The summed E-state index contributed by atoms with van der Waals surface area (Å²) < 4.78 is 5.68. The molecule has 0 aromatic heterocycles. The lowest BCUT2D eigenvalue weighted by Gasteiger charge is -2.35. The summed E-state index contributed by atoms with van der Waals surface area (Å²) in [5.41, 5.74) is 1.28. The fourth-order valence-corrected chi connectivity index (χ4v) is 4.24. The van der Waals surface area contributed by atoms with Gasteiger partial charge in [0.05, 0.1) is 5.69 Å². The molecule has 4 rings (SSSR count). The highest BCUT2D eigenvalue weighted by Crippen LogP contribution is 2.53. The second kappa shape index (κ2) is 5.73. The molecule has 0 radical (unpaired) electrons. The zero-order valence-corrected chi connectivity index (χ0v) is 16.5. The second-order valence-corrected chi connectivity index (χ2v) is 8.44. The average molecular weight is 385 g/mol. The summed E-state index contributed by atoms with van der Waals surface area (Å²) >= 11 is 6.19. The van der Waals surface area contributed by atoms with Gasteiger partial charge < -0.3 is 9.64 Å². The van der Waals surface area contributed by atoms with Gasteiger partial charge in [-0.15, -0.1) is 0 Å². The molecule has 6 heteroatoms. The first-order valence-electron chi connectivity index (χ1n) is 8.84. The third kappa shape index (κ3) is 2.52. The fourth-order valence-electron chi connectivity index (χ4n) is 4.04. The number of carbonyl (C=O) groups is 2. The number of hydrogen-bond donors (Lipinski definition) is 0. The highest BCUT2D eigenvalue weighted by Gasteiger charge is 2.60. The Morgan fingerprint density at radius 3 is 2.56 bits per heavy atom. The Morgan fingerprint density at radius 1 is 1.15 bits per heavy atom. The summed E-state index contributed by atoms with van der Waals surface area (Å²) in [6.07, 6.45) is -0.176. The number of rotatable bonds is 0. The zero-order chi connectivity index (χ0) is 19.6. The molecular weight excluding hydrogens is 364 g/mol. The molecule has 0 bridgehead atoms. The number of nitrogens with zero attached hydrogens (tertiary/aromatic N) is 2. The summed E-state index contributed by atoms with van der Waals surface area (Å²) in [5.74, 6) is -0.151. The fraction of sp³-hybridized carbons (Fsp3) is 0.333. The smallest absolute Gasteiger partial charge is 0.416 e. The van der Waals surface area contributed by atoms with Gasteiger partial charge in [-0.2, -0.15) is 0 Å². The van der Waals surface area contributed by atoms with E-state index < -0.39 is 17.2 Å². The molecule has 2 amide bonds. The molecule has 0 N–H and O–H groups in total. The maximum atomic E-state index is 13.5. The molecule has 2 aromatic rings. The largest absolute Gasteiger partial charge is 0.443 e. The minimum Gasteiger partial charge on any atom is -0.443 e. The van der Waals surface area contributed by atoms with Crippen molar-refractivity contribution in [1.82, 2.24) is 0 Å². The van der Waals surface area contributed by atoms with Gasteiger partial charge >= 0.3 is 6.09 Å². The molecule has 1 spiro atoms. The first kappa shape index (κ1) is 17.9. The lowest BCUT2D eigenvalue weighted by molar-refractivity contribution is -0.122. The number of ether oxygens (including phenoxy) is 1. The standard InChI is InChI=1S/C21H21ClN2O3/c1-20(2,3)27-19(26)24-16-10-9-14(22)11-13(16)12-21(24)15-7-5-6-8-17(15)23(4)18(21)25/h5-11H,12H2,1-4H3. The summed E-state index contributed by atoms with van der Waals surface area (Å²) in [6.45, 7) is 5.44. The molecule has 0 saturated carbocycles. The van der Waals surface area contributed by atoms with Gasteiger partial charge in [-0.3, -0.25) is 9.69 Å². The summed E-state index contributed by atoms with van der Waals surface area (Å²) in [6, 6.07) is 12.9. The minimum atomic E-state index is -1.15. The Kier molecular flexibility index (Phi) is 3.79. The van der Waals surface area contributed by atoms with Gasteiger partial charge in [0, 0.05) is 29.7 Å². The van der Waals surface area contributed by atoms with Crippen LogP contribution in [0.25, 0.3) is 0 Å². The normalized spacial score (nSPS) is 20.9. The van der Waals surface area contributed by atoms with Gasteiger partial charge in [0.1, 0.15) is 5.60 Å². The minimum absolute atomic E-state index is 0.151. The SMILES string of the molecule is CN1C(=O)C2(Cc3cc(Cl)ccc3N2C(=O)OC(C)(C)C)c2ccccc21. The van der Waals surface area contributed by atoms with Gasteiger partial charge in [0.25, 0.3) is 5.91 Å². The first-order valence-corrected chi connectivity index (χ1v) is 9.22. The van der Waals surface area contributed by atoms with E-state index in [9.17, 15) is 9.59 Å². The van der Waals surface area contributed by atoms with E-state index in [2.05, 4.69) is 0 Å². The van der Waals surface area contributed by atoms with Crippen molar-refractivity contribution < 1.29 is 14.3 Å². The van der Waals surface area contributed by atoms with Crippen LogP contribution in [0.3, 0.4) is 0 Å². The predicted octanol–water partition coefficient (Wildman–Crippen LogP) is 4.51. The van der Waals surface area contributed by atoms with Crippen molar-refractivity contribution in [1.29, 1.82) is 0 Å². The summed E-state index contributed by atoms with van der Waals surface area (Å²) in [5, 5.41) is 0.571. The van der Waals surface area contributed by atoms with E-state index in [0.29, 0.717) is 17.1 Å². The van der Waals surface area contributed by atoms with E-state index in [0.717, 1.165) is 16.8 Å². The lowest BCUT2D eigenvalue weighted by Crippen LogP contribution is -2.54. The Hall–Kier alpha value is -2.53. The van der Waals surface area contributed by atoms with Crippen LogP contribution in [0.4, 0.5) is 16.2 Å². The molecular formula is C21H21ClN2O3. The van der Waals surface area contributed by atoms with Gasteiger partial charge in [0.15, 0.2) is 5.54 Å². The van der Waals surface area contributed by atoms with E-state index in [1.807, 2.05) is 51.1 Å². The second-order valence-electron chi connectivity index (χ2n) is 8.01. The molecule has 1 unspecified atom stereocenters. The molecule has 5 nitrogen and oxygen atoms in total. The number of carbonyl (C=O) groups excluding carboxylic acids is 2. The predicted molar refractivity (Wildman–Crippen MR) is 105 cm³/mol. The average Bonchev–Trinajstić information content (AvgIpc) is 3.03. The zero-order valence-electron chi connectivity index (χ0n) is 15.7. The topological polar surface area (TPSA) is 49.9 Å². The van der Waals surface area contributed by atoms with Crippen molar-refractivity contribution >= 4 is 35.0 Å². The first-order chi connectivity index (χ1) is 12.6. The van der Waals surface area contributed by atoms with Gasteiger partial charge in [-0.1, -0.05) is 29.8 Å². The number of fused-ring (bicyclic) bond motifs is 3. The number of hydrogen-bond acceptors (Lipinski definition) is 3. The quantitative estimate of drug-likeness (QED) is 0.671. The van der Waals surface area contributed by atoms with Crippen LogP contribution in [0.2, 0.25) is 5.02 Å².